The molecule has 1 aromatic rings. The second-order valence-corrected chi connectivity index (χ2v) is 4.20. The number of carbonyl (C=O) groups excluding carboxylic acids is 1. The summed E-state index contributed by atoms with van der Waals surface area (Å²) in [5.41, 5.74) is 1.59. The predicted octanol–water partition coefficient (Wildman–Crippen LogP) is 2.74. The molecule has 0 amide bonds. The molecule has 0 radical (unpaired) electrons. The van der Waals surface area contributed by atoms with Crippen molar-refractivity contribution in [2.75, 3.05) is 26.0 Å². The summed E-state index contributed by atoms with van der Waals surface area (Å²) in [4.78, 5) is 17.8. The van der Waals surface area contributed by atoms with Crippen molar-refractivity contribution in [1.29, 1.82) is 0 Å². The predicted molar refractivity (Wildman–Crippen MR) is 74.5 cm³/mol. The van der Waals surface area contributed by atoms with Gasteiger partial charge in [-0.25, -0.2) is 4.79 Å². The van der Waals surface area contributed by atoms with Crippen molar-refractivity contribution in [3.8, 4) is 0 Å². The number of ether oxygens (including phenoxy) is 1. The van der Waals surface area contributed by atoms with Crippen LogP contribution in [0.4, 0.5) is 5.69 Å². The number of esters is 1. The van der Waals surface area contributed by atoms with Crippen LogP contribution in [-0.2, 0) is 4.74 Å². The minimum absolute atomic E-state index is 0.352. The van der Waals surface area contributed by atoms with E-state index in [4.69, 9.17) is 4.74 Å². The van der Waals surface area contributed by atoms with Crippen LogP contribution in [0.15, 0.2) is 29.3 Å². The van der Waals surface area contributed by atoms with E-state index < -0.39 is 0 Å². The Morgan fingerprint density at radius 1 is 1.28 bits per heavy atom. The van der Waals surface area contributed by atoms with Gasteiger partial charge in [0.1, 0.15) is 0 Å². The largest absolute Gasteiger partial charge is 0.408 e. The first-order valence-corrected chi connectivity index (χ1v) is 6.03. The minimum atomic E-state index is -0.352. The maximum atomic E-state index is 11.9. The van der Waals surface area contributed by atoms with Gasteiger partial charge >= 0.3 is 5.97 Å². The Hall–Kier alpha value is -1.84. The van der Waals surface area contributed by atoms with E-state index in [9.17, 15) is 4.79 Å². The summed E-state index contributed by atoms with van der Waals surface area (Å²) in [5, 5.41) is 0. The number of anilines is 1. The van der Waals surface area contributed by atoms with Crippen molar-refractivity contribution in [3.63, 3.8) is 0 Å². The molecule has 18 heavy (non-hydrogen) atoms. The third kappa shape index (κ3) is 3.87. The molecule has 0 N–H and O–H groups in total. The van der Waals surface area contributed by atoms with Crippen LogP contribution in [0.25, 0.3) is 0 Å². The van der Waals surface area contributed by atoms with Gasteiger partial charge in [-0.2, -0.15) is 0 Å². The van der Waals surface area contributed by atoms with Crippen molar-refractivity contribution >= 4 is 17.6 Å². The van der Waals surface area contributed by atoms with Gasteiger partial charge in [-0.15, -0.1) is 0 Å². The molecule has 0 saturated carbocycles. The van der Waals surface area contributed by atoms with Crippen LogP contribution in [-0.4, -0.2) is 33.0 Å². The maximum Gasteiger partial charge on any atom is 0.344 e. The molecule has 0 saturated heterocycles. The Labute approximate surface area is 108 Å². The van der Waals surface area contributed by atoms with E-state index in [0.29, 0.717) is 17.9 Å². The molecule has 0 atom stereocenters. The first-order chi connectivity index (χ1) is 8.58. The Morgan fingerprint density at radius 3 is 2.33 bits per heavy atom. The SMILES string of the molecule is CCCC(=NC)OC(=O)c1ccc(N(C)C)cc1. The summed E-state index contributed by atoms with van der Waals surface area (Å²) in [5.74, 6) is 0.133. The average Bonchev–Trinajstić information content (AvgIpc) is 2.38. The zero-order chi connectivity index (χ0) is 13.5. The van der Waals surface area contributed by atoms with E-state index in [-0.39, 0.29) is 5.97 Å². The third-order valence-corrected chi connectivity index (χ3v) is 2.54. The number of rotatable bonds is 4. The fraction of sp³-hybridized carbons (Fsp3) is 0.429. The number of hydrogen-bond donors (Lipinski definition) is 0. The molecule has 0 unspecified atom stereocenters. The highest BCUT2D eigenvalue weighted by atomic mass is 16.5. The lowest BCUT2D eigenvalue weighted by Gasteiger charge is -2.12. The minimum Gasteiger partial charge on any atom is -0.408 e. The summed E-state index contributed by atoms with van der Waals surface area (Å²) in [6, 6.07) is 7.30. The summed E-state index contributed by atoms with van der Waals surface area (Å²) in [6.45, 7) is 2.02. The molecule has 1 aromatic carbocycles. The monoisotopic (exact) mass is 248 g/mol. The second kappa shape index (κ2) is 6.79. The van der Waals surface area contributed by atoms with Gasteiger partial charge in [0.25, 0.3) is 0 Å². The van der Waals surface area contributed by atoms with Crippen molar-refractivity contribution < 1.29 is 9.53 Å². The molecule has 98 valence electrons. The Kier molecular flexibility index (Phi) is 5.36. The van der Waals surface area contributed by atoms with Crippen LogP contribution in [0.5, 0.6) is 0 Å². The first kappa shape index (κ1) is 14.2. The van der Waals surface area contributed by atoms with Crippen LogP contribution < -0.4 is 4.90 Å². The highest BCUT2D eigenvalue weighted by Crippen LogP contribution is 2.13. The van der Waals surface area contributed by atoms with Gasteiger partial charge in [-0.1, -0.05) is 6.92 Å². The molecular formula is C14H20N2O2. The molecule has 0 aromatic heterocycles. The third-order valence-electron chi connectivity index (χ3n) is 2.54. The Bertz CT molecular complexity index is 422. The quantitative estimate of drug-likeness (QED) is 0.467. The zero-order valence-corrected chi connectivity index (χ0v) is 11.4. The van der Waals surface area contributed by atoms with Gasteiger partial charge in [0.15, 0.2) is 5.90 Å². The summed E-state index contributed by atoms with van der Waals surface area (Å²) in [6.07, 6.45) is 1.58. The lowest BCUT2D eigenvalue weighted by Crippen LogP contribution is -2.13. The molecule has 0 bridgehead atoms. The lowest BCUT2D eigenvalue weighted by atomic mass is 10.2. The molecule has 0 aliphatic heterocycles. The Balaban J connectivity index is 2.72. The zero-order valence-electron chi connectivity index (χ0n) is 11.4. The van der Waals surface area contributed by atoms with Gasteiger partial charge in [-0.3, -0.25) is 4.99 Å². The molecule has 0 aliphatic carbocycles. The summed E-state index contributed by atoms with van der Waals surface area (Å²) < 4.78 is 5.22. The van der Waals surface area contributed by atoms with Crippen LogP contribution in [0, 0.1) is 0 Å². The molecular weight excluding hydrogens is 228 g/mol. The number of nitrogens with zero attached hydrogens (tertiary/aromatic N) is 2. The van der Waals surface area contributed by atoms with Crippen LogP contribution in [0.2, 0.25) is 0 Å². The summed E-state index contributed by atoms with van der Waals surface area (Å²) in [7, 11) is 5.54. The van der Waals surface area contributed by atoms with Crippen LogP contribution in [0.3, 0.4) is 0 Å². The standard InChI is InChI=1S/C14H20N2O2/c1-5-6-13(15-2)18-14(17)11-7-9-12(10-8-11)16(3)4/h7-10H,5-6H2,1-4H3. The van der Waals surface area contributed by atoms with Gasteiger partial charge in [-0.05, 0) is 30.7 Å². The second-order valence-electron chi connectivity index (χ2n) is 4.20. The smallest absolute Gasteiger partial charge is 0.344 e. The van der Waals surface area contributed by atoms with E-state index in [2.05, 4.69) is 4.99 Å². The van der Waals surface area contributed by atoms with E-state index in [0.717, 1.165) is 12.1 Å². The van der Waals surface area contributed by atoms with E-state index in [1.807, 2.05) is 38.1 Å². The van der Waals surface area contributed by atoms with Gasteiger partial charge in [0.05, 0.1) is 5.56 Å². The van der Waals surface area contributed by atoms with E-state index in [1.54, 1.807) is 19.2 Å². The maximum absolute atomic E-state index is 11.9. The van der Waals surface area contributed by atoms with E-state index >= 15 is 0 Å². The molecule has 0 fully saturated rings. The van der Waals surface area contributed by atoms with Crippen molar-refractivity contribution in [1.82, 2.24) is 0 Å². The first-order valence-electron chi connectivity index (χ1n) is 6.03. The molecule has 4 heteroatoms. The average molecular weight is 248 g/mol. The topological polar surface area (TPSA) is 41.9 Å². The molecule has 4 nitrogen and oxygen atoms in total. The van der Waals surface area contributed by atoms with Crippen LogP contribution in [0.1, 0.15) is 30.1 Å². The number of carbonyl (C=O) groups is 1. The van der Waals surface area contributed by atoms with Gasteiger partial charge < -0.3 is 9.64 Å². The normalized spacial score (nSPS) is 11.2. The summed E-state index contributed by atoms with van der Waals surface area (Å²) >= 11 is 0. The number of aliphatic imine (C=N–C) groups is 1. The molecule has 0 spiro atoms. The molecule has 1 rings (SSSR count). The van der Waals surface area contributed by atoms with Gasteiger partial charge in [0, 0.05) is 33.3 Å². The highest BCUT2D eigenvalue weighted by molar-refractivity contribution is 5.98. The van der Waals surface area contributed by atoms with E-state index in [1.165, 1.54) is 0 Å². The van der Waals surface area contributed by atoms with Crippen molar-refractivity contribution in [2.24, 2.45) is 4.99 Å². The van der Waals surface area contributed by atoms with Crippen LogP contribution >= 0.6 is 0 Å². The lowest BCUT2D eigenvalue weighted by molar-refractivity contribution is 0.0711. The highest BCUT2D eigenvalue weighted by Gasteiger charge is 2.10. The van der Waals surface area contributed by atoms with Gasteiger partial charge in [0.2, 0.25) is 0 Å². The fourth-order valence-corrected chi connectivity index (χ4v) is 1.48. The Morgan fingerprint density at radius 2 is 1.89 bits per heavy atom. The molecule has 0 heterocycles. The number of benzene rings is 1. The number of hydrogen-bond acceptors (Lipinski definition) is 4. The fourth-order valence-electron chi connectivity index (χ4n) is 1.48. The van der Waals surface area contributed by atoms with Crippen molar-refractivity contribution in [2.45, 2.75) is 19.8 Å². The molecule has 0 aliphatic rings. The van der Waals surface area contributed by atoms with Crippen molar-refractivity contribution in [3.05, 3.63) is 29.8 Å².